The highest BCUT2D eigenvalue weighted by Crippen LogP contribution is 2.15. The van der Waals surface area contributed by atoms with Crippen molar-refractivity contribution < 1.29 is 0 Å². The van der Waals surface area contributed by atoms with E-state index in [4.69, 9.17) is 5.26 Å². The van der Waals surface area contributed by atoms with Gasteiger partial charge in [-0.2, -0.15) is 5.26 Å². The second-order valence-electron chi connectivity index (χ2n) is 4.45. The number of nitrogens with one attached hydrogen (secondary N) is 1. The average molecular weight is 245 g/mol. The molecule has 3 nitrogen and oxygen atoms in total. The molecule has 0 bridgehead atoms. The average Bonchev–Trinajstić information content (AvgIpc) is 2.40. The van der Waals surface area contributed by atoms with Crippen molar-refractivity contribution in [1.29, 1.82) is 5.26 Å². The van der Waals surface area contributed by atoms with Crippen LogP contribution < -0.4 is 5.32 Å². The molecular formula is C15H23N3. The molecule has 0 aliphatic rings. The van der Waals surface area contributed by atoms with Gasteiger partial charge in [0.2, 0.25) is 0 Å². The molecule has 0 saturated carbocycles. The maximum Gasteiger partial charge on any atom is 0.0991 e. The highest BCUT2D eigenvalue weighted by atomic mass is 15.1. The second-order valence-corrected chi connectivity index (χ2v) is 4.45. The summed E-state index contributed by atoms with van der Waals surface area (Å²) in [5.74, 6) is 0. The summed E-state index contributed by atoms with van der Waals surface area (Å²) < 4.78 is 0. The number of aryl methyl sites for hydroxylation is 1. The molecule has 1 aromatic carbocycles. The Labute approximate surface area is 110 Å². The highest BCUT2D eigenvalue weighted by Gasteiger charge is 2.01. The first-order valence-electron chi connectivity index (χ1n) is 6.68. The topological polar surface area (TPSA) is 39.1 Å². The van der Waals surface area contributed by atoms with Gasteiger partial charge in [0.15, 0.2) is 0 Å². The summed E-state index contributed by atoms with van der Waals surface area (Å²) >= 11 is 0. The Morgan fingerprint density at radius 3 is 2.56 bits per heavy atom. The molecule has 1 aromatic rings. The largest absolute Gasteiger partial charge is 0.385 e. The molecule has 0 aliphatic heterocycles. The van der Waals surface area contributed by atoms with Gasteiger partial charge in [-0.1, -0.05) is 13.8 Å². The molecule has 0 atom stereocenters. The molecule has 3 heteroatoms. The first-order chi connectivity index (χ1) is 8.71. The van der Waals surface area contributed by atoms with Gasteiger partial charge in [0.05, 0.1) is 11.6 Å². The predicted molar refractivity (Wildman–Crippen MR) is 76.8 cm³/mol. The lowest BCUT2D eigenvalue weighted by Gasteiger charge is -2.18. The van der Waals surface area contributed by atoms with Crippen molar-refractivity contribution in [3.63, 3.8) is 0 Å². The van der Waals surface area contributed by atoms with Crippen LogP contribution in [0.3, 0.4) is 0 Å². The Morgan fingerprint density at radius 2 is 2.00 bits per heavy atom. The molecule has 0 heterocycles. The zero-order chi connectivity index (χ0) is 13.4. The monoisotopic (exact) mass is 245 g/mol. The molecule has 0 saturated heterocycles. The summed E-state index contributed by atoms with van der Waals surface area (Å²) in [6.07, 6.45) is 1.14. The maximum absolute atomic E-state index is 8.81. The van der Waals surface area contributed by atoms with Gasteiger partial charge in [0, 0.05) is 12.2 Å². The molecule has 98 valence electrons. The van der Waals surface area contributed by atoms with Crippen molar-refractivity contribution in [3.8, 4) is 6.07 Å². The van der Waals surface area contributed by atoms with Crippen molar-refractivity contribution in [3.05, 3.63) is 29.3 Å². The van der Waals surface area contributed by atoms with Crippen LogP contribution in [0.5, 0.6) is 0 Å². The first kappa shape index (κ1) is 14.5. The van der Waals surface area contributed by atoms with Gasteiger partial charge in [-0.25, -0.2) is 0 Å². The van der Waals surface area contributed by atoms with E-state index in [9.17, 15) is 0 Å². The lowest BCUT2D eigenvalue weighted by Crippen LogP contribution is -2.25. The molecule has 0 radical (unpaired) electrons. The third-order valence-corrected chi connectivity index (χ3v) is 3.22. The molecule has 1 rings (SSSR count). The van der Waals surface area contributed by atoms with E-state index in [0.29, 0.717) is 0 Å². The summed E-state index contributed by atoms with van der Waals surface area (Å²) in [7, 11) is 0. The zero-order valence-corrected chi connectivity index (χ0v) is 11.7. The van der Waals surface area contributed by atoms with E-state index in [1.807, 2.05) is 25.1 Å². The Hall–Kier alpha value is -1.53. The fourth-order valence-electron chi connectivity index (χ4n) is 2.00. The maximum atomic E-state index is 8.81. The Bertz CT molecular complexity index is 403. The van der Waals surface area contributed by atoms with Gasteiger partial charge in [-0.05, 0) is 56.7 Å². The van der Waals surface area contributed by atoms with E-state index in [1.54, 1.807) is 0 Å². The molecule has 0 spiro atoms. The quantitative estimate of drug-likeness (QED) is 0.751. The third kappa shape index (κ3) is 4.38. The lowest BCUT2D eigenvalue weighted by molar-refractivity contribution is 0.303. The predicted octanol–water partition coefficient (Wildman–Crippen LogP) is 3.01. The summed E-state index contributed by atoms with van der Waals surface area (Å²) in [5, 5.41) is 12.2. The summed E-state index contributed by atoms with van der Waals surface area (Å²) in [4.78, 5) is 2.42. The molecular weight excluding hydrogens is 222 g/mol. The normalized spacial score (nSPS) is 10.4. The molecule has 0 unspecified atom stereocenters. The minimum atomic E-state index is 0.723. The molecule has 18 heavy (non-hydrogen) atoms. The van der Waals surface area contributed by atoms with Crippen molar-refractivity contribution in [2.75, 3.05) is 31.5 Å². The van der Waals surface area contributed by atoms with Crippen LogP contribution in [-0.4, -0.2) is 31.1 Å². The number of rotatable bonds is 7. The summed E-state index contributed by atoms with van der Waals surface area (Å²) in [5.41, 5.74) is 2.99. The number of hydrogen-bond acceptors (Lipinski definition) is 3. The molecule has 0 fully saturated rings. The van der Waals surface area contributed by atoms with Gasteiger partial charge in [-0.15, -0.1) is 0 Å². The van der Waals surface area contributed by atoms with Crippen LogP contribution in [0.2, 0.25) is 0 Å². The summed E-state index contributed by atoms with van der Waals surface area (Å²) in [6, 6.07) is 7.93. The second kappa shape index (κ2) is 7.73. The molecule has 0 amide bonds. The lowest BCUT2D eigenvalue weighted by atomic mass is 10.1. The van der Waals surface area contributed by atoms with Gasteiger partial charge in [-0.3, -0.25) is 0 Å². The van der Waals surface area contributed by atoms with Gasteiger partial charge >= 0.3 is 0 Å². The van der Waals surface area contributed by atoms with E-state index in [-0.39, 0.29) is 0 Å². The van der Waals surface area contributed by atoms with Crippen LogP contribution in [0.4, 0.5) is 5.69 Å². The van der Waals surface area contributed by atoms with Crippen LogP contribution >= 0.6 is 0 Å². The van der Waals surface area contributed by atoms with E-state index in [1.165, 1.54) is 0 Å². The van der Waals surface area contributed by atoms with E-state index < -0.39 is 0 Å². The highest BCUT2D eigenvalue weighted by molar-refractivity contribution is 5.53. The van der Waals surface area contributed by atoms with Crippen molar-refractivity contribution in [2.45, 2.75) is 27.2 Å². The van der Waals surface area contributed by atoms with Crippen molar-refractivity contribution in [2.24, 2.45) is 0 Å². The minimum absolute atomic E-state index is 0.723. The van der Waals surface area contributed by atoms with E-state index >= 15 is 0 Å². The van der Waals surface area contributed by atoms with Crippen LogP contribution in [0.1, 0.15) is 31.4 Å². The van der Waals surface area contributed by atoms with Crippen LogP contribution in [0.15, 0.2) is 18.2 Å². The third-order valence-electron chi connectivity index (χ3n) is 3.22. The standard InChI is InChI=1S/C15H23N3/c1-4-18(5-2)10-6-9-17-15-8-7-14(12-16)11-13(15)3/h7-8,11,17H,4-6,9-10H2,1-3H3. The number of anilines is 1. The fraction of sp³-hybridized carbons (Fsp3) is 0.533. The van der Waals surface area contributed by atoms with E-state index in [2.05, 4.69) is 30.1 Å². The number of hydrogen-bond donors (Lipinski definition) is 1. The number of benzene rings is 1. The van der Waals surface area contributed by atoms with Gasteiger partial charge in [0.1, 0.15) is 0 Å². The Balaban J connectivity index is 2.38. The smallest absolute Gasteiger partial charge is 0.0991 e. The van der Waals surface area contributed by atoms with Crippen LogP contribution in [0.25, 0.3) is 0 Å². The Morgan fingerprint density at radius 1 is 1.28 bits per heavy atom. The van der Waals surface area contributed by atoms with Crippen LogP contribution in [-0.2, 0) is 0 Å². The van der Waals surface area contributed by atoms with E-state index in [0.717, 1.165) is 49.4 Å². The molecule has 1 N–H and O–H groups in total. The van der Waals surface area contributed by atoms with Gasteiger partial charge in [0.25, 0.3) is 0 Å². The minimum Gasteiger partial charge on any atom is -0.385 e. The number of nitriles is 1. The first-order valence-corrected chi connectivity index (χ1v) is 6.68. The Kier molecular flexibility index (Phi) is 6.24. The van der Waals surface area contributed by atoms with Crippen molar-refractivity contribution in [1.82, 2.24) is 4.90 Å². The summed E-state index contributed by atoms with van der Waals surface area (Å²) in [6.45, 7) is 10.8. The molecule has 0 aliphatic carbocycles. The number of nitrogens with zero attached hydrogens (tertiary/aromatic N) is 2. The van der Waals surface area contributed by atoms with Gasteiger partial charge < -0.3 is 10.2 Å². The van der Waals surface area contributed by atoms with Crippen LogP contribution in [0, 0.1) is 18.3 Å². The fourth-order valence-corrected chi connectivity index (χ4v) is 2.00. The van der Waals surface area contributed by atoms with Crippen molar-refractivity contribution >= 4 is 5.69 Å². The molecule has 0 aromatic heterocycles. The zero-order valence-electron chi connectivity index (χ0n) is 11.7. The SMILES string of the molecule is CCN(CC)CCCNc1ccc(C#N)cc1C.